The van der Waals surface area contributed by atoms with Gasteiger partial charge in [-0.2, -0.15) is 5.26 Å². The topological polar surface area (TPSA) is 53.2 Å². The first kappa shape index (κ1) is 11.1. The van der Waals surface area contributed by atoms with Gasteiger partial charge in [-0.25, -0.2) is 0 Å². The molecule has 1 saturated carbocycles. The van der Waals surface area contributed by atoms with Gasteiger partial charge < -0.3 is 9.84 Å². The molecule has 2 rings (SSSR count). The third kappa shape index (κ3) is 2.41. The summed E-state index contributed by atoms with van der Waals surface area (Å²) in [5.74, 6) is 0.602. The van der Waals surface area contributed by atoms with Crippen LogP contribution in [0.3, 0.4) is 0 Å². The highest BCUT2D eigenvalue weighted by Gasteiger charge is 2.28. The van der Waals surface area contributed by atoms with Gasteiger partial charge in [0, 0.05) is 0 Å². The molecule has 1 aliphatic carbocycles. The Bertz CT molecular complexity index is 393. The maximum Gasteiger partial charge on any atom is 0.169 e. The number of hydrogen-bond acceptors (Lipinski definition) is 3. The number of nitriles is 1. The largest absolute Gasteiger partial charge is 0.394 e. The van der Waals surface area contributed by atoms with Crippen molar-refractivity contribution in [3.63, 3.8) is 0 Å². The van der Waals surface area contributed by atoms with Gasteiger partial charge in [0.25, 0.3) is 0 Å². The van der Waals surface area contributed by atoms with Crippen molar-refractivity contribution >= 4 is 0 Å². The summed E-state index contributed by atoms with van der Waals surface area (Å²) in [7, 11) is 0. The van der Waals surface area contributed by atoms with E-state index in [1.54, 1.807) is 0 Å². The molecular formula is C13H15NO2. The SMILES string of the molecule is N#CC(OCCO)c1ccccc1C1CC1. The molecule has 0 amide bonds. The fourth-order valence-corrected chi connectivity index (χ4v) is 1.88. The minimum atomic E-state index is -0.552. The van der Waals surface area contributed by atoms with E-state index in [2.05, 4.69) is 12.1 Å². The number of aliphatic hydroxyl groups is 1. The van der Waals surface area contributed by atoms with E-state index in [1.807, 2.05) is 18.2 Å². The Kier molecular flexibility index (Phi) is 3.55. The third-order valence-corrected chi connectivity index (χ3v) is 2.79. The fourth-order valence-electron chi connectivity index (χ4n) is 1.88. The molecule has 0 saturated heterocycles. The van der Waals surface area contributed by atoms with E-state index in [1.165, 1.54) is 18.4 Å². The normalized spacial score (nSPS) is 16.8. The number of nitrogens with zero attached hydrogens (tertiary/aromatic N) is 1. The Balaban J connectivity index is 2.20. The zero-order valence-corrected chi connectivity index (χ0v) is 9.10. The summed E-state index contributed by atoms with van der Waals surface area (Å²) in [4.78, 5) is 0. The van der Waals surface area contributed by atoms with E-state index in [9.17, 15) is 0 Å². The lowest BCUT2D eigenvalue weighted by atomic mass is 9.99. The van der Waals surface area contributed by atoms with Crippen LogP contribution < -0.4 is 0 Å². The summed E-state index contributed by atoms with van der Waals surface area (Å²) < 4.78 is 5.33. The molecule has 0 aromatic heterocycles. The van der Waals surface area contributed by atoms with Crippen LogP contribution in [-0.4, -0.2) is 18.3 Å². The molecule has 16 heavy (non-hydrogen) atoms. The highest BCUT2D eigenvalue weighted by atomic mass is 16.5. The van der Waals surface area contributed by atoms with Crippen molar-refractivity contribution in [1.82, 2.24) is 0 Å². The molecule has 1 aromatic carbocycles. The van der Waals surface area contributed by atoms with Gasteiger partial charge in [0.15, 0.2) is 6.10 Å². The molecule has 1 aromatic rings. The lowest BCUT2D eigenvalue weighted by Crippen LogP contribution is -2.08. The molecule has 84 valence electrons. The predicted molar refractivity (Wildman–Crippen MR) is 59.8 cm³/mol. The Morgan fingerprint density at radius 3 is 2.81 bits per heavy atom. The molecule has 3 nitrogen and oxygen atoms in total. The number of aliphatic hydroxyl groups excluding tert-OH is 1. The summed E-state index contributed by atoms with van der Waals surface area (Å²) >= 11 is 0. The third-order valence-electron chi connectivity index (χ3n) is 2.79. The van der Waals surface area contributed by atoms with Crippen LogP contribution in [0.25, 0.3) is 0 Å². The van der Waals surface area contributed by atoms with Crippen molar-refractivity contribution < 1.29 is 9.84 Å². The fraction of sp³-hybridized carbons (Fsp3) is 0.462. The lowest BCUT2D eigenvalue weighted by molar-refractivity contribution is 0.0577. The van der Waals surface area contributed by atoms with E-state index >= 15 is 0 Å². The van der Waals surface area contributed by atoms with Gasteiger partial charge in [0.1, 0.15) is 0 Å². The predicted octanol–water partition coefficient (Wildman–Crippen LogP) is 2.14. The van der Waals surface area contributed by atoms with Crippen LogP contribution in [0.4, 0.5) is 0 Å². The summed E-state index contributed by atoms with van der Waals surface area (Å²) in [5.41, 5.74) is 2.19. The van der Waals surface area contributed by atoms with Gasteiger partial charge in [-0.15, -0.1) is 0 Å². The first-order valence-electron chi connectivity index (χ1n) is 5.57. The van der Waals surface area contributed by atoms with Crippen molar-refractivity contribution in [2.24, 2.45) is 0 Å². The number of hydrogen-bond donors (Lipinski definition) is 1. The second-order valence-corrected chi connectivity index (χ2v) is 4.01. The smallest absolute Gasteiger partial charge is 0.169 e. The Hall–Kier alpha value is -1.37. The maximum absolute atomic E-state index is 9.08. The first-order valence-corrected chi connectivity index (χ1v) is 5.57. The van der Waals surface area contributed by atoms with E-state index in [0.717, 1.165) is 5.56 Å². The molecule has 3 heteroatoms. The van der Waals surface area contributed by atoms with Crippen LogP contribution in [-0.2, 0) is 4.74 Å². The second kappa shape index (κ2) is 5.11. The Labute approximate surface area is 95.3 Å². The van der Waals surface area contributed by atoms with Crippen LogP contribution in [0.15, 0.2) is 24.3 Å². The van der Waals surface area contributed by atoms with Gasteiger partial charge in [0.2, 0.25) is 0 Å². The first-order chi connectivity index (χ1) is 7.86. The van der Waals surface area contributed by atoms with E-state index in [-0.39, 0.29) is 13.2 Å². The zero-order valence-electron chi connectivity index (χ0n) is 9.10. The highest BCUT2D eigenvalue weighted by molar-refractivity contribution is 5.37. The number of rotatable bonds is 5. The summed E-state index contributed by atoms with van der Waals surface area (Å²) in [6.07, 6.45) is 1.86. The standard InChI is InChI=1S/C13H15NO2/c14-9-13(16-8-7-15)12-4-2-1-3-11(12)10-5-6-10/h1-4,10,13,15H,5-8H2. The van der Waals surface area contributed by atoms with Crippen LogP contribution in [0.1, 0.15) is 36.0 Å². The molecule has 0 bridgehead atoms. The van der Waals surface area contributed by atoms with Gasteiger partial charge in [-0.1, -0.05) is 24.3 Å². The molecule has 1 atom stereocenters. The van der Waals surface area contributed by atoms with Crippen LogP contribution in [0.2, 0.25) is 0 Å². The molecule has 0 radical (unpaired) electrons. The molecular weight excluding hydrogens is 202 g/mol. The van der Waals surface area contributed by atoms with Crippen LogP contribution in [0.5, 0.6) is 0 Å². The molecule has 1 N–H and O–H groups in total. The van der Waals surface area contributed by atoms with Crippen molar-refractivity contribution in [2.75, 3.05) is 13.2 Å². The number of benzene rings is 1. The van der Waals surface area contributed by atoms with Gasteiger partial charge in [-0.05, 0) is 29.9 Å². The van der Waals surface area contributed by atoms with Gasteiger partial charge in [0.05, 0.1) is 19.3 Å². The average molecular weight is 217 g/mol. The Morgan fingerprint density at radius 2 is 2.19 bits per heavy atom. The van der Waals surface area contributed by atoms with Crippen molar-refractivity contribution in [1.29, 1.82) is 5.26 Å². The van der Waals surface area contributed by atoms with E-state index in [0.29, 0.717) is 5.92 Å². The molecule has 0 heterocycles. The van der Waals surface area contributed by atoms with Crippen molar-refractivity contribution in [2.45, 2.75) is 24.9 Å². The summed E-state index contributed by atoms with van der Waals surface area (Å²) in [6.45, 7) is 0.154. The van der Waals surface area contributed by atoms with Gasteiger partial charge in [-0.3, -0.25) is 0 Å². The molecule has 1 unspecified atom stereocenters. The molecule has 0 aliphatic heterocycles. The zero-order chi connectivity index (χ0) is 11.4. The molecule has 1 fully saturated rings. The lowest BCUT2D eigenvalue weighted by Gasteiger charge is -2.14. The van der Waals surface area contributed by atoms with Crippen molar-refractivity contribution in [3.8, 4) is 6.07 Å². The van der Waals surface area contributed by atoms with Gasteiger partial charge >= 0.3 is 0 Å². The highest BCUT2D eigenvalue weighted by Crippen LogP contribution is 2.43. The maximum atomic E-state index is 9.08. The minimum absolute atomic E-state index is 0.0518. The van der Waals surface area contributed by atoms with E-state index in [4.69, 9.17) is 15.1 Å². The Morgan fingerprint density at radius 1 is 1.44 bits per heavy atom. The van der Waals surface area contributed by atoms with E-state index < -0.39 is 6.10 Å². The quantitative estimate of drug-likeness (QED) is 0.822. The summed E-state index contributed by atoms with van der Waals surface area (Å²) in [5, 5.41) is 17.8. The molecule has 1 aliphatic rings. The summed E-state index contributed by atoms with van der Waals surface area (Å²) in [6, 6.07) is 10.1. The number of ether oxygens (including phenoxy) is 1. The minimum Gasteiger partial charge on any atom is -0.394 e. The van der Waals surface area contributed by atoms with Crippen LogP contribution >= 0.6 is 0 Å². The van der Waals surface area contributed by atoms with Crippen LogP contribution in [0, 0.1) is 11.3 Å². The monoisotopic (exact) mass is 217 g/mol. The average Bonchev–Trinajstić information content (AvgIpc) is 3.15. The second-order valence-electron chi connectivity index (χ2n) is 4.01. The molecule has 0 spiro atoms. The van der Waals surface area contributed by atoms with Crippen molar-refractivity contribution in [3.05, 3.63) is 35.4 Å².